The second-order valence-corrected chi connectivity index (χ2v) is 6.64. The van der Waals surface area contributed by atoms with Crippen molar-refractivity contribution in [3.63, 3.8) is 0 Å². The Kier molecular flexibility index (Phi) is 4.22. The van der Waals surface area contributed by atoms with Gasteiger partial charge >= 0.3 is 0 Å². The average Bonchev–Trinajstić information content (AvgIpc) is 2.87. The summed E-state index contributed by atoms with van der Waals surface area (Å²) >= 11 is 1.60. The van der Waals surface area contributed by atoms with Gasteiger partial charge in [-0.15, -0.1) is 11.3 Å². The van der Waals surface area contributed by atoms with Crippen LogP contribution < -0.4 is 0 Å². The Bertz CT molecular complexity index is 634. The number of nitriles is 1. The Balaban J connectivity index is 2.35. The molecular formula is C16H18N2OS. The van der Waals surface area contributed by atoms with Crippen molar-refractivity contribution < 1.29 is 4.74 Å². The summed E-state index contributed by atoms with van der Waals surface area (Å²) < 4.78 is 5.59. The fourth-order valence-electron chi connectivity index (χ4n) is 2.11. The van der Waals surface area contributed by atoms with Crippen molar-refractivity contribution in [1.29, 1.82) is 5.26 Å². The number of hydrogen-bond donors (Lipinski definition) is 0. The number of benzene rings is 1. The van der Waals surface area contributed by atoms with Crippen LogP contribution in [0.5, 0.6) is 0 Å². The van der Waals surface area contributed by atoms with E-state index in [1.54, 1.807) is 24.5 Å². The van der Waals surface area contributed by atoms with Crippen LogP contribution in [-0.4, -0.2) is 12.1 Å². The van der Waals surface area contributed by atoms with Crippen molar-refractivity contribution >= 4 is 11.3 Å². The lowest BCUT2D eigenvalue weighted by atomic mass is 9.89. The van der Waals surface area contributed by atoms with Crippen LogP contribution in [0, 0.1) is 16.7 Å². The summed E-state index contributed by atoms with van der Waals surface area (Å²) in [6, 6.07) is 9.66. The number of ether oxygens (including phenoxy) is 1. The molecule has 3 nitrogen and oxygen atoms in total. The fourth-order valence-corrected chi connectivity index (χ4v) is 3.26. The summed E-state index contributed by atoms with van der Waals surface area (Å²) in [4.78, 5) is 4.68. The van der Waals surface area contributed by atoms with Gasteiger partial charge in [0.15, 0.2) is 0 Å². The summed E-state index contributed by atoms with van der Waals surface area (Å²) in [5.41, 5.74) is 2.51. The first-order chi connectivity index (χ1) is 9.45. The van der Waals surface area contributed by atoms with Crippen molar-refractivity contribution in [1.82, 2.24) is 4.98 Å². The largest absolute Gasteiger partial charge is 0.374 e. The third kappa shape index (κ3) is 3.06. The zero-order valence-corrected chi connectivity index (χ0v) is 13.0. The molecule has 0 saturated heterocycles. The van der Waals surface area contributed by atoms with E-state index in [1.165, 1.54) is 0 Å². The molecule has 104 valence electrons. The first-order valence-electron chi connectivity index (χ1n) is 6.44. The van der Waals surface area contributed by atoms with Crippen LogP contribution in [0.2, 0.25) is 0 Å². The minimum atomic E-state index is -0.0274. The Labute approximate surface area is 123 Å². The van der Waals surface area contributed by atoms with E-state index in [0.717, 1.165) is 16.3 Å². The zero-order valence-electron chi connectivity index (χ0n) is 12.2. The van der Waals surface area contributed by atoms with Gasteiger partial charge in [0.05, 0.1) is 17.3 Å². The molecule has 0 saturated carbocycles. The first-order valence-corrected chi connectivity index (χ1v) is 7.32. The molecule has 0 aliphatic rings. The first kappa shape index (κ1) is 14.7. The third-order valence-corrected chi connectivity index (χ3v) is 3.94. The van der Waals surface area contributed by atoms with E-state index in [-0.39, 0.29) is 11.5 Å². The lowest BCUT2D eigenvalue weighted by Crippen LogP contribution is -2.19. The van der Waals surface area contributed by atoms with Gasteiger partial charge < -0.3 is 4.74 Å². The second kappa shape index (κ2) is 5.74. The number of aromatic nitrogens is 1. The Morgan fingerprint density at radius 1 is 1.35 bits per heavy atom. The molecule has 2 rings (SSSR count). The molecule has 0 bridgehead atoms. The van der Waals surface area contributed by atoms with Crippen molar-refractivity contribution in [2.75, 3.05) is 7.11 Å². The molecule has 1 heterocycles. The van der Waals surface area contributed by atoms with Gasteiger partial charge in [-0.3, -0.25) is 0 Å². The van der Waals surface area contributed by atoms with Crippen LogP contribution >= 0.6 is 11.3 Å². The highest BCUT2D eigenvalue weighted by Crippen LogP contribution is 2.38. The second-order valence-electron chi connectivity index (χ2n) is 5.75. The SMILES string of the molecule is COC(c1nc(-c2cccc(C#N)c2)cs1)C(C)(C)C. The molecule has 1 aromatic heterocycles. The van der Waals surface area contributed by atoms with Crippen LogP contribution in [0.3, 0.4) is 0 Å². The Hall–Kier alpha value is -1.70. The molecule has 1 aromatic carbocycles. The molecule has 1 unspecified atom stereocenters. The number of nitrogens with zero attached hydrogens (tertiary/aromatic N) is 2. The molecule has 4 heteroatoms. The quantitative estimate of drug-likeness (QED) is 0.839. The zero-order chi connectivity index (χ0) is 14.8. The topological polar surface area (TPSA) is 45.9 Å². The highest BCUT2D eigenvalue weighted by Gasteiger charge is 2.28. The molecule has 20 heavy (non-hydrogen) atoms. The predicted octanol–water partition coefficient (Wildman–Crippen LogP) is 4.42. The molecule has 0 fully saturated rings. The van der Waals surface area contributed by atoms with Crippen LogP contribution in [0.15, 0.2) is 29.6 Å². The normalized spacial score (nSPS) is 12.9. The maximum Gasteiger partial charge on any atom is 0.123 e. The van der Waals surface area contributed by atoms with Gasteiger partial charge in [0.1, 0.15) is 11.1 Å². The number of thiazole rings is 1. The van der Waals surface area contributed by atoms with Gasteiger partial charge in [-0.2, -0.15) is 5.26 Å². The fraction of sp³-hybridized carbons (Fsp3) is 0.375. The van der Waals surface area contributed by atoms with E-state index in [4.69, 9.17) is 10.00 Å². The van der Waals surface area contributed by atoms with E-state index in [9.17, 15) is 0 Å². The van der Waals surface area contributed by atoms with E-state index in [2.05, 4.69) is 31.8 Å². The van der Waals surface area contributed by atoms with Crippen LogP contribution in [0.4, 0.5) is 0 Å². The van der Waals surface area contributed by atoms with Crippen LogP contribution in [-0.2, 0) is 4.74 Å². The standard InChI is InChI=1S/C16H18N2OS/c1-16(2,3)14(19-4)15-18-13(10-20-15)12-7-5-6-11(8-12)9-17/h5-8,10,14H,1-4H3. The summed E-state index contributed by atoms with van der Waals surface area (Å²) in [6.07, 6.45) is -0.0274. The van der Waals surface area contributed by atoms with E-state index >= 15 is 0 Å². The lowest BCUT2D eigenvalue weighted by molar-refractivity contribution is 0.0151. The van der Waals surface area contributed by atoms with Crippen LogP contribution in [0.25, 0.3) is 11.3 Å². The smallest absolute Gasteiger partial charge is 0.123 e. The van der Waals surface area contributed by atoms with Gasteiger partial charge in [0.2, 0.25) is 0 Å². The summed E-state index contributed by atoms with van der Waals surface area (Å²) in [6.45, 7) is 6.41. The van der Waals surface area contributed by atoms with Crippen LogP contribution in [0.1, 0.15) is 37.4 Å². The monoisotopic (exact) mass is 286 g/mol. The number of hydrogen-bond acceptors (Lipinski definition) is 4. The predicted molar refractivity (Wildman–Crippen MR) is 81.5 cm³/mol. The van der Waals surface area contributed by atoms with Gasteiger partial charge in [-0.25, -0.2) is 4.98 Å². The van der Waals surface area contributed by atoms with Crippen molar-refractivity contribution in [2.24, 2.45) is 5.41 Å². The van der Waals surface area contributed by atoms with Gasteiger partial charge in [0, 0.05) is 18.1 Å². The lowest BCUT2D eigenvalue weighted by Gasteiger charge is -2.27. The van der Waals surface area contributed by atoms with Crippen molar-refractivity contribution in [3.8, 4) is 17.3 Å². The van der Waals surface area contributed by atoms with Crippen molar-refractivity contribution in [3.05, 3.63) is 40.2 Å². The molecular weight excluding hydrogens is 268 g/mol. The molecule has 0 radical (unpaired) electrons. The summed E-state index contributed by atoms with van der Waals surface area (Å²) in [7, 11) is 1.72. The number of methoxy groups -OCH3 is 1. The third-order valence-electron chi connectivity index (χ3n) is 3.06. The number of rotatable bonds is 3. The van der Waals surface area contributed by atoms with Gasteiger partial charge in [-0.1, -0.05) is 32.9 Å². The average molecular weight is 286 g/mol. The van der Waals surface area contributed by atoms with E-state index in [1.807, 2.05) is 23.6 Å². The highest BCUT2D eigenvalue weighted by atomic mass is 32.1. The van der Waals surface area contributed by atoms with Crippen molar-refractivity contribution in [2.45, 2.75) is 26.9 Å². The van der Waals surface area contributed by atoms with Gasteiger partial charge in [-0.05, 0) is 17.5 Å². The Morgan fingerprint density at radius 3 is 2.70 bits per heavy atom. The van der Waals surface area contributed by atoms with Gasteiger partial charge in [0.25, 0.3) is 0 Å². The Morgan fingerprint density at radius 2 is 2.10 bits per heavy atom. The molecule has 2 aromatic rings. The summed E-state index contributed by atoms with van der Waals surface area (Å²) in [5, 5.41) is 11.9. The maximum absolute atomic E-state index is 8.96. The highest BCUT2D eigenvalue weighted by molar-refractivity contribution is 7.10. The molecule has 1 atom stereocenters. The van der Waals surface area contributed by atoms with E-state index < -0.39 is 0 Å². The minimum Gasteiger partial charge on any atom is -0.374 e. The van der Waals surface area contributed by atoms with E-state index in [0.29, 0.717) is 5.56 Å². The maximum atomic E-state index is 8.96. The summed E-state index contributed by atoms with van der Waals surface area (Å²) in [5.74, 6) is 0. The molecule has 0 aliphatic heterocycles. The molecule has 0 spiro atoms. The minimum absolute atomic E-state index is 0.00161. The molecule has 0 aliphatic carbocycles. The molecule has 0 amide bonds. The molecule has 0 N–H and O–H groups in total.